The van der Waals surface area contributed by atoms with E-state index in [4.69, 9.17) is 9.84 Å². The summed E-state index contributed by atoms with van der Waals surface area (Å²) in [6.07, 6.45) is 1.99. The van der Waals surface area contributed by atoms with E-state index >= 15 is 0 Å². The largest absolute Gasteiger partial charge is 0.505 e. The van der Waals surface area contributed by atoms with Gasteiger partial charge in [-0.1, -0.05) is 54.5 Å². The van der Waals surface area contributed by atoms with Crippen LogP contribution in [0, 0.1) is 11.8 Å². The SMILES string of the molecule is O=C(NCC#Cc1ncc(O)cn1)OCC1c2ccccc2-c2ccccc21. The van der Waals surface area contributed by atoms with E-state index in [9.17, 15) is 4.79 Å². The molecule has 6 nitrogen and oxygen atoms in total. The summed E-state index contributed by atoms with van der Waals surface area (Å²) in [6, 6.07) is 16.4. The van der Waals surface area contributed by atoms with E-state index in [1.807, 2.05) is 24.3 Å². The third kappa shape index (κ3) is 3.64. The lowest BCUT2D eigenvalue weighted by Gasteiger charge is -2.14. The molecule has 1 aromatic heterocycles. The van der Waals surface area contributed by atoms with Crippen molar-refractivity contribution in [1.82, 2.24) is 15.3 Å². The van der Waals surface area contributed by atoms with Crippen LogP contribution in [0.5, 0.6) is 5.75 Å². The molecule has 3 aromatic rings. The van der Waals surface area contributed by atoms with Crippen LogP contribution in [0.3, 0.4) is 0 Å². The molecule has 0 saturated carbocycles. The highest BCUT2D eigenvalue weighted by Gasteiger charge is 2.28. The Labute approximate surface area is 162 Å². The fourth-order valence-electron chi connectivity index (χ4n) is 3.27. The molecule has 138 valence electrons. The maximum Gasteiger partial charge on any atom is 0.407 e. The molecule has 0 radical (unpaired) electrons. The van der Waals surface area contributed by atoms with Gasteiger partial charge >= 0.3 is 6.09 Å². The zero-order chi connectivity index (χ0) is 19.3. The number of hydrogen-bond donors (Lipinski definition) is 2. The minimum Gasteiger partial charge on any atom is -0.505 e. The lowest BCUT2D eigenvalue weighted by molar-refractivity contribution is 0.144. The van der Waals surface area contributed by atoms with Gasteiger partial charge in [0.15, 0.2) is 5.75 Å². The lowest BCUT2D eigenvalue weighted by Crippen LogP contribution is -2.26. The number of alkyl carbamates (subject to hydrolysis) is 1. The molecule has 0 aliphatic heterocycles. The Kier molecular flexibility index (Phi) is 4.89. The van der Waals surface area contributed by atoms with Crippen molar-refractivity contribution in [1.29, 1.82) is 0 Å². The molecule has 0 unspecified atom stereocenters. The van der Waals surface area contributed by atoms with Gasteiger partial charge in [0.25, 0.3) is 0 Å². The van der Waals surface area contributed by atoms with Crippen molar-refractivity contribution in [3.63, 3.8) is 0 Å². The fraction of sp³-hybridized carbons (Fsp3) is 0.136. The number of hydrogen-bond acceptors (Lipinski definition) is 5. The topological polar surface area (TPSA) is 84.3 Å². The average molecular weight is 371 g/mol. The molecule has 1 aliphatic carbocycles. The molecule has 0 spiro atoms. The Hall–Kier alpha value is -3.85. The molecule has 0 fully saturated rings. The Balaban J connectivity index is 1.35. The molecule has 6 heteroatoms. The number of amides is 1. The number of nitrogens with zero attached hydrogens (tertiary/aromatic N) is 2. The highest BCUT2D eigenvalue weighted by molar-refractivity contribution is 5.79. The van der Waals surface area contributed by atoms with Crippen molar-refractivity contribution in [2.45, 2.75) is 5.92 Å². The van der Waals surface area contributed by atoms with Crippen LogP contribution in [-0.2, 0) is 4.74 Å². The van der Waals surface area contributed by atoms with Crippen molar-refractivity contribution in [3.05, 3.63) is 77.9 Å². The number of aromatic nitrogens is 2. The third-order valence-electron chi connectivity index (χ3n) is 4.50. The van der Waals surface area contributed by atoms with Gasteiger partial charge in [0.05, 0.1) is 18.9 Å². The maximum atomic E-state index is 12.0. The summed E-state index contributed by atoms with van der Waals surface area (Å²) in [5.41, 5.74) is 4.71. The number of nitrogens with one attached hydrogen (secondary N) is 1. The first kappa shape index (κ1) is 17.6. The van der Waals surface area contributed by atoms with Gasteiger partial charge in [0, 0.05) is 5.92 Å². The van der Waals surface area contributed by atoms with Gasteiger partial charge in [0.2, 0.25) is 5.82 Å². The van der Waals surface area contributed by atoms with Crippen LogP contribution in [0.2, 0.25) is 0 Å². The summed E-state index contributed by atoms with van der Waals surface area (Å²) in [5.74, 6) is 5.71. The molecule has 4 rings (SSSR count). The van der Waals surface area contributed by atoms with Gasteiger partial charge in [-0.25, -0.2) is 14.8 Å². The zero-order valence-electron chi connectivity index (χ0n) is 14.9. The van der Waals surface area contributed by atoms with Gasteiger partial charge in [-0.3, -0.25) is 0 Å². The van der Waals surface area contributed by atoms with Crippen LogP contribution in [0.1, 0.15) is 22.9 Å². The summed E-state index contributed by atoms with van der Waals surface area (Å²) in [5, 5.41) is 11.7. The third-order valence-corrected chi connectivity index (χ3v) is 4.50. The standard InChI is InChI=1S/C22H17N3O3/c26-15-12-24-21(25-13-15)10-5-11-23-22(27)28-14-20-18-8-3-1-6-16(18)17-7-2-4-9-19(17)20/h1-4,6-9,12-13,20,26H,11,14H2,(H,23,27). The van der Waals surface area contributed by atoms with Crippen molar-refractivity contribution in [3.8, 4) is 28.7 Å². The number of benzene rings is 2. The summed E-state index contributed by atoms with van der Waals surface area (Å²) in [6.45, 7) is 0.370. The normalized spacial score (nSPS) is 11.7. The number of fused-ring (bicyclic) bond motifs is 3. The highest BCUT2D eigenvalue weighted by atomic mass is 16.5. The van der Waals surface area contributed by atoms with E-state index in [-0.39, 0.29) is 30.6 Å². The van der Waals surface area contributed by atoms with Gasteiger partial charge < -0.3 is 15.2 Å². The summed E-state index contributed by atoms with van der Waals surface area (Å²) < 4.78 is 5.43. The number of carbonyl (C=O) groups excluding carboxylic acids is 1. The second-order valence-electron chi connectivity index (χ2n) is 6.25. The molecule has 2 N–H and O–H groups in total. The van der Waals surface area contributed by atoms with E-state index in [1.54, 1.807) is 0 Å². The molecule has 1 heterocycles. The Morgan fingerprint density at radius 2 is 1.64 bits per heavy atom. The van der Waals surface area contributed by atoms with Crippen LogP contribution in [-0.4, -0.2) is 34.3 Å². The van der Waals surface area contributed by atoms with Gasteiger partial charge in [-0.05, 0) is 28.2 Å². The second kappa shape index (κ2) is 7.80. The molecular weight excluding hydrogens is 354 g/mol. The quantitative estimate of drug-likeness (QED) is 0.691. The summed E-state index contributed by atoms with van der Waals surface area (Å²) in [7, 11) is 0. The molecule has 0 atom stereocenters. The molecular formula is C22H17N3O3. The van der Waals surface area contributed by atoms with Crippen LogP contribution in [0.15, 0.2) is 60.9 Å². The van der Waals surface area contributed by atoms with E-state index in [0.29, 0.717) is 0 Å². The van der Waals surface area contributed by atoms with Crippen molar-refractivity contribution < 1.29 is 14.6 Å². The van der Waals surface area contributed by atoms with Crippen LogP contribution >= 0.6 is 0 Å². The predicted octanol–water partition coefficient (Wildman–Crippen LogP) is 3.07. The van der Waals surface area contributed by atoms with Gasteiger partial charge in [0.1, 0.15) is 6.61 Å². The van der Waals surface area contributed by atoms with Crippen molar-refractivity contribution in [2.75, 3.05) is 13.2 Å². The van der Waals surface area contributed by atoms with Crippen LogP contribution in [0.25, 0.3) is 11.1 Å². The first-order valence-electron chi connectivity index (χ1n) is 8.81. The number of ether oxygens (including phenoxy) is 1. The summed E-state index contributed by atoms with van der Waals surface area (Å²) in [4.78, 5) is 19.7. The predicted molar refractivity (Wildman–Crippen MR) is 104 cm³/mol. The molecule has 1 amide bonds. The monoisotopic (exact) mass is 371 g/mol. The minimum atomic E-state index is -0.525. The van der Waals surface area contributed by atoms with Gasteiger partial charge in [-0.15, -0.1) is 0 Å². The number of carbonyl (C=O) groups is 1. The first-order valence-corrected chi connectivity index (χ1v) is 8.81. The van der Waals surface area contributed by atoms with E-state index in [1.165, 1.54) is 34.6 Å². The zero-order valence-corrected chi connectivity index (χ0v) is 14.9. The second-order valence-corrected chi connectivity index (χ2v) is 6.25. The Morgan fingerprint density at radius 1 is 1.04 bits per heavy atom. The Bertz CT molecular complexity index is 1020. The van der Waals surface area contributed by atoms with Crippen molar-refractivity contribution >= 4 is 6.09 Å². The lowest BCUT2D eigenvalue weighted by atomic mass is 9.98. The molecule has 1 aliphatic rings. The highest BCUT2D eigenvalue weighted by Crippen LogP contribution is 2.44. The molecule has 28 heavy (non-hydrogen) atoms. The number of rotatable bonds is 3. The minimum absolute atomic E-state index is 0.0228. The molecule has 0 bridgehead atoms. The number of aromatic hydroxyl groups is 1. The molecule has 2 aromatic carbocycles. The van der Waals surface area contributed by atoms with Crippen molar-refractivity contribution in [2.24, 2.45) is 0 Å². The van der Waals surface area contributed by atoms with Gasteiger partial charge in [-0.2, -0.15) is 0 Å². The fourth-order valence-corrected chi connectivity index (χ4v) is 3.27. The first-order chi connectivity index (χ1) is 13.7. The summed E-state index contributed by atoms with van der Waals surface area (Å²) >= 11 is 0. The van der Waals surface area contributed by atoms with E-state index < -0.39 is 6.09 Å². The average Bonchev–Trinajstić information content (AvgIpc) is 3.05. The maximum absolute atomic E-state index is 12.0. The smallest absolute Gasteiger partial charge is 0.407 e. The molecule has 0 saturated heterocycles. The Morgan fingerprint density at radius 3 is 2.29 bits per heavy atom. The van der Waals surface area contributed by atoms with E-state index in [2.05, 4.69) is 51.4 Å². The van der Waals surface area contributed by atoms with Crippen LogP contribution < -0.4 is 5.32 Å². The van der Waals surface area contributed by atoms with E-state index in [0.717, 1.165) is 0 Å². The van der Waals surface area contributed by atoms with Crippen LogP contribution in [0.4, 0.5) is 4.79 Å².